The monoisotopic (exact) mass is 482 g/mol. The molecule has 3 rings (SSSR count). The molecule has 3 aliphatic rings. The number of amides is 6. The Hall–Kier alpha value is -4.21. The van der Waals surface area contributed by atoms with Crippen LogP contribution in [0.25, 0.3) is 0 Å². The molecular weight excluding hydrogens is 464 g/mol. The molecule has 3 saturated heterocycles. The van der Waals surface area contributed by atoms with Crippen LogP contribution < -0.4 is 0 Å². The summed E-state index contributed by atoms with van der Waals surface area (Å²) in [7, 11) is 0. The van der Waals surface area contributed by atoms with E-state index in [9.17, 15) is 58.5 Å². The van der Waals surface area contributed by atoms with E-state index in [1.54, 1.807) is 0 Å². The van der Waals surface area contributed by atoms with E-state index in [2.05, 4.69) is 0 Å². The number of carbonyl (C=O) groups is 9. The van der Waals surface area contributed by atoms with Crippen LogP contribution in [-0.2, 0) is 43.2 Å². The predicted octanol–water partition coefficient (Wildman–Crippen LogP) is -3.03. The molecule has 6 amide bonds. The minimum Gasteiger partial charge on any atom is -0.479 e. The molecule has 0 aromatic heterocycles. The van der Waals surface area contributed by atoms with Crippen molar-refractivity contribution in [3.8, 4) is 0 Å². The van der Waals surface area contributed by atoms with Crippen LogP contribution in [0.15, 0.2) is 0 Å². The minimum atomic E-state index is -2.69. The summed E-state index contributed by atoms with van der Waals surface area (Å²) >= 11 is 0. The number of hydrogen-bond donors (Lipinski definition) is 3. The Morgan fingerprint density at radius 3 is 0.824 bits per heavy atom. The molecule has 182 valence electrons. The Morgan fingerprint density at radius 2 is 0.676 bits per heavy atom. The van der Waals surface area contributed by atoms with Crippen molar-refractivity contribution in [2.45, 2.75) is 57.0 Å². The van der Waals surface area contributed by atoms with Gasteiger partial charge in [0.25, 0.3) is 0 Å². The van der Waals surface area contributed by atoms with E-state index in [1.807, 2.05) is 0 Å². The summed E-state index contributed by atoms with van der Waals surface area (Å²) in [5, 5.41) is 29.7. The predicted molar refractivity (Wildman–Crippen MR) is 99.4 cm³/mol. The fourth-order valence-electron chi connectivity index (χ4n) is 4.12. The maximum absolute atomic E-state index is 12.3. The van der Waals surface area contributed by atoms with E-state index in [1.165, 1.54) is 0 Å². The van der Waals surface area contributed by atoms with Gasteiger partial charge in [-0.15, -0.1) is 0 Å². The molecule has 3 fully saturated rings. The van der Waals surface area contributed by atoms with Gasteiger partial charge in [0.05, 0.1) is 0 Å². The van der Waals surface area contributed by atoms with Gasteiger partial charge in [0.1, 0.15) is 0 Å². The lowest BCUT2D eigenvalue weighted by Crippen LogP contribution is -2.72. The first-order chi connectivity index (χ1) is 15.9. The summed E-state index contributed by atoms with van der Waals surface area (Å²) in [6.07, 6.45) is -10.9. The topological polar surface area (TPSA) is 227 Å². The Kier molecular flexibility index (Phi) is 6.45. The zero-order valence-corrected chi connectivity index (χ0v) is 17.3. The molecule has 3 aliphatic heterocycles. The molecule has 3 N–H and O–H groups in total. The fourth-order valence-corrected chi connectivity index (χ4v) is 4.12. The molecule has 34 heavy (non-hydrogen) atoms. The Morgan fingerprint density at radius 1 is 0.500 bits per heavy atom. The Bertz CT molecular complexity index is 862. The fraction of sp³-hybridized carbons (Fsp3) is 0.500. The highest BCUT2D eigenvalue weighted by Crippen LogP contribution is 2.30. The van der Waals surface area contributed by atoms with E-state index >= 15 is 0 Å². The molecular formula is C18H18N4O12. The third kappa shape index (κ3) is 3.98. The molecule has 0 radical (unpaired) electrons. The number of carboxylic acid groups (broad SMARTS) is 3. The summed E-state index contributed by atoms with van der Waals surface area (Å²) in [5.74, 6) is -12.9. The highest BCUT2D eigenvalue weighted by Gasteiger charge is 2.57. The highest BCUT2D eigenvalue weighted by atomic mass is 16.4. The van der Waals surface area contributed by atoms with Crippen LogP contribution in [0.2, 0.25) is 0 Å². The molecule has 3 unspecified atom stereocenters. The van der Waals surface area contributed by atoms with E-state index in [0.717, 1.165) is 0 Å². The quantitative estimate of drug-likeness (QED) is 0.278. The van der Waals surface area contributed by atoms with Crippen molar-refractivity contribution in [2.24, 2.45) is 0 Å². The normalized spacial score (nSPS) is 21.6. The minimum absolute atomic E-state index is 0.0314. The van der Waals surface area contributed by atoms with Gasteiger partial charge in [-0.1, -0.05) is 0 Å². The van der Waals surface area contributed by atoms with E-state index in [-0.39, 0.29) is 19.6 Å². The van der Waals surface area contributed by atoms with E-state index < -0.39 is 110 Å². The summed E-state index contributed by atoms with van der Waals surface area (Å²) in [4.78, 5) is 111. The summed E-state index contributed by atoms with van der Waals surface area (Å²) in [6, 6.07) is 0. The van der Waals surface area contributed by atoms with Crippen molar-refractivity contribution in [3.05, 3.63) is 0 Å². The molecule has 0 saturated carbocycles. The van der Waals surface area contributed by atoms with Crippen molar-refractivity contribution < 1.29 is 58.5 Å². The van der Waals surface area contributed by atoms with Gasteiger partial charge >= 0.3 is 17.9 Å². The van der Waals surface area contributed by atoms with Gasteiger partial charge in [0.2, 0.25) is 35.4 Å². The number of likely N-dealkylation sites (tertiary alicyclic amines) is 3. The molecule has 16 nitrogen and oxygen atoms in total. The first-order valence-electron chi connectivity index (χ1n) is 9.89. The molecule has 0 aliphatic carbocycles. The van der Waals surface area contributed by atoms with Crippen molar-refractivity contribution in [1.82, 2.24) is 19.6 Å². The second-order valence-electron chi connectivity index (χ2n) is 7.56. The second-order valence-corrected chi connectivity index (χ2v) is 7.56. The first kappa shape index (κ1) is 24.4. The lowest BCUT2D eigenvalue weighted by Gasteiger charge is -2.44. The maximum atomic E-state index is 12.3. The molecule has 0 bridgehead atoms. The van der Waals surface area contributed by atoms with Crippen LogP contribution in [0.4, 0.5) is 0 Å². The van der Waals surface area contributed by atoms with Crippen LogP contribution >= 0.6 is 0 Å². The smallest absolute Gasteiger partial charge is 0.342 e. The van der Waals surface area contributed by atoms with Crippen LogP contribution in [0.3, 0.4) is 0 Å². The number of imide groups is 3. The van der Waals surface area contributed by atoms with Gasteiger partial charge in [-0.05, 0) is 0 Å². The van der Waals surface area contributed by atoms with Crippen LogP contribution in [0.5, 0.6) is 0 Å². The third-order valence-electron chi connectivity index (χ3n) is 5.51. The lowest BCUT2D eigenvalue weighted by atomic mass is 10.2. The van der Waals surface area contributed by atoms with Crippen LogP contribution in [-0.4, -0.2) is 107 Å². The number of hydrogen-bond acceptors (Lipinski definition) is 10. The van der Waals surface area contributed by atoms with Gasteiger partial charge in [0, 0.05) is 38.5 Å². The zero-order chi connectivity index (χ0) is 25.5. The van der Waals surface area contributed by atoms with Crippen molar-refractivity contribution in [1.29, 1.82) is 0 Å². The highest BCUT2D eigenvalue weighted by molar-refractivity contribution is 6.08. The molecule has 0 aromatic rings. The van der Waals surface area contributed by atoms with E-state index in [4.69, 9.17) is 0 Å². The molecule has 3 heterocycles. The number of nitrogens with zero attached hydrogens (tertiary/aromatic N) is 4. The van der Waals surface area contributed by atoms with Crippen molar-refractivity contribution >= 4 is 53.4 Å². The number of carboxylic acids is 3. The number of rotatable bonds is 9. The standard InChI is InChI=1S/C18H18N4O12/c23-7-1-2-8(24)19(7)13(16(29)30)22(14(17(31)32)20-9(25)3-4-10(20)26)15(18(33)34)21-11(27)5-6-12(21)28/h13-15H,1-6H2,(H,29,30)(H,31,32)(H,33,34). The van der Waals surface area contributed by atoms with Crippen LogP contribution in [0.1, 0.15) is 38.5 Å². The van der Waals surface area contributed by atoms with Gasteiger partial charge in [-0.2, -0.15) is 0 Å². The van der Waals surface area contributed by atoms with Gasteiger partial charge < -0.3 is 15.3 Å². The number of carbonyl (C=O) groups excluding carboxylic acids is 6. The molecule has 0 spiro atoms. The average Bonchev–Trinajstić information content (AvgIpc) is 3.36. The summed E-state index contributed by atoms with van der Waals surface area (Å²) < 4.78 is 0. The van der Waals surface area contributed by atoms with Gasteiger partial charge in [-0.3, -0.25) is 43.5 Å². The summed E-state index contributed by atoms with van der Waals surface area (Å²) in [5.41, 5.74) is 0. The van der Waals surface area contributed by atoms with Gasteiger partial charge in [-0.25, -0.2) is 19.3 Å². The molecule has 16 heteroatoms. The summed E-state index contributed by atoms with van der Waals surface area (Å²) in [6.45, 7) is 0. The SMILES string of the molecule is O=C(O)C(N1C(=O)CCC1=O)N(C(C(=O)O)N1C(=O)CCC1=O)C(C(=O)O)N1C(=O)CCC1=O. The van der Waals surface area contributed by atoms with Crippen LogP contribution in [0, 0.1) is 0 Å². The maximum Gasteiger partial charge on any atom is 0.342 e. The molecule has 3 atom stereocenters. The van der Waals surface area contributed by atoms with Crippen molar-refractivity contribution in [2.75, 3.05) is 0 Å². The Labute approximate surface area is 189 Å². The zero-order valence-electron chi connectivity index (χ0n) is 17.3. The Balaban J connectivity index is 2.29. The lowest BCUT2D eigenvalue weighted by molar-refractivity contribution is -0.194. The van der Waals surface area contributed by atoms with Crippen molar-refractivity contribution in [3.63, 3.8) is 0 Å². The van der Waals surface area contributed by atoms with E-state index in [0.29, 0.717) is 0 Å². The second kappa shape index (κ2) is 8.97. The third-order valence-corrected chi connectivity index (χ3v) is 5.51. The largest absolute Gasteiger partial charge is 0.479 e. The van der Waals surface area contributed by atoms with Gasteiger partial charge in [0.15, 0.2) is 18.5 Å². The first-order valence-corrected chi connectivity index (χ1v) is 9.89. The number of aliphatic carboxylic acids is 3. The average molecular weight is 482 g/mol. The molecule has 0 aromatic carbocycles.